The van der Waals surface area contributed by atoms with Crippen molar-refractivity contribution in [2.24, 2.45) is 17.6 Å². The monoisotopic (exact) mass is 221 g/mol. The second-order valence-electron chi connectivity index (χ2n) is 5.31. The van der Waals surface area contributed by atoms with E-state index < -0.39 is 0 Å². The molecule has 2 nitrogen and oxygen atoms in total. The highest BCUT2D eigenvalue weighted by Crippen LogP contribution is 2.31. The van der Waals surface area contributed by atoms with Gasteiger partial charge in [0.05, 0.1) is 6.26 Å². The van der Waals surface area contributed by atoms with Gasteiger partial charge in [-0.1, -0.05) is 19.8 Å². The zero-order valence-electron chi connectivity index (χ0n) is 10.2. The van der Waals surface area contributed by atoms with Gasteiger partial charge in [-0.15, -0.1) is 0 Å². The van der Waals surface area contributed by atoms with E-state index in [2.05, 4.69) is 6.92 Å². The molecule has 3 unspecified atom stereocenters. The number of hydrogen-bond donors (Lipinski definition) is 1. The first-order valence-corrected chi connectivity index (χ1v) is 6.53. The Morgan fingerprint density at radius 1 is 1.50 bits per heavy atom. The summed E-state index contributed by atoms with van der Waals surface area (Å²) in [6, 6.07) is 4.34. The van der Waals surface area contributed by atoms with Gasteiger partial charge in [-0.05, 0) is 43.2 Å². The molecule has 0 bridgehead atoms. The molecule has 1 aromatic rings. The lowest BCUT2D eigenvalue weighted by Crippen LogP contribution is -2.33. The number of furan rings is 1. The quantitative estimate of drug-likeness (QED) is 0.846. The lowest BCUT2D eigenvalue weighted by molar-refractivity contribution is 0.238. The maximum Gasteiger partial charge on any atom is 0.103 e. The van der Waals surface area contributed by atoms with Gasteiger partial charge in [-0.3, -0.25) is 0 Å². The molecule has 2 rings (SSSR count). The Morgan fingerprint density at radius 3 is 3.06 bits per heavy atom. The van der Waals surface area contributed by atoms with Gasteiger partial charge in [0.25, 0.3) is 0 Å². The second kappa shape index (κ2) is 5.53. The van der Waals surface area contributed by atoms with Crippen LogP contribution in [0.1, 0.15) is 44.8 Å². The standard InChI is InChI=1S/C14H23NO/c1-11-4-2-5-12(10-11)14(15)8-7-13-6-3-9-16-13/h3,6,9,11-12,14H,2,4-5,7-8,10,15H2,1H3. The molecule has 90 valence electrons. The summed E-state index contributed by atoms with van der Waals surface area (Å²) in [5.74, 6) is 2.67. The van der Waals surface area contributed by atoms with Gasteiger partial charge in [0.1, 0.15) is 5.76 Å². The van der Waals surface area contributed by atoms with Crippen molar-refractivity contribution in [3.63, 3.8) is 0 Å². The van der Waals surface area contributed by atoms with E-state index in [1.54, 1.807) is 6.26 Å². The Kier molecular flexibility index (Phi) is 4.05. The molecule has 0 aliphatic heterocycles. The van der Waals surface area contributed by atoms with Crippen molar-refractivity contribution in [1.82, 2.24) is 0 Å². The first kappa shape index (κ1) is 11.7. The fourth-order valence-corrected chi connectivity index (χ4v) is 2.87. The van der Waals surface area contributed by atoms with Crippen molar-refractivity contribution in [1.29, 1.82) is 0 Å². The minimum Gasteiger partial charge on any atom is -0.469 e. The molecule has 3 atom stereocenters. The summed E-state index contributed by atoms with van der Waals surface area (Å²) in [6.45, 7) is 2.35. The molecule has 0 amide bonds. The third-order valence-electron chi connectivity index (χ3n) is 3.89. The van der Waals surface area contributed by atoms with Gasteiger partial charge in [0.15, 0.2) is 0 Å². The lowest BCUT2D eigenvalue weighted by Gasteiger charge is -2.31. The van der Waals surface area contributed by atoms with Crippen LogP contribution in [0, 0.1) is 11.8 Å². The van der Waals surface area contributed by atoms with E-state index in [-0.39, 0.29) is 0 Å². The summed E-state index contributed by atoms with van der Waals surface area (Å²) in [7, 11) is 0. The number of nitrogens with two attached hydrogens (primary N) is 1. The highest BCUT2D eigenvalue weighted by molar-refractivity contribution is 4.98. The zero-order valence-corrected chi connectivity index (χ0v) is 10.2. The second-order valence-corrected chi connectivity index (χ2v) is 5.31. The zero-order chi connectivity index (χ0) is 11.4. The molecule has 2 N–H and O–H groups in total. The fourth-order valence-electron chi connectivity index (χ4n) is 2.87. The van der Waals surface area contributed by atoms with Crippen molar-refractivity contribution < 1.29 is 4.42 Å². The third kappa shape index (κ3) is 3.11. The molecule has 0 aromatic carbocycles. The van der Waals surface area contributed by atoms with Gasteiger partial charge in [0.2, 0.25) is 0 Å². The summed E-state index contributed by atoms with van der Waals surface area (Å²) in [4.78, 5) is 0. The van der Waals surface area contributed by atoms with E-state index >= 15 is 0 Å². The maximum atomic E-state index is 6.29. The first-order chi connectivity index (χ1) is 7.75. The van der Waals surface area contributed by atoms with Crippen LogP contribution in [0.15, 0.2) is 22.8 Å². The molecular formula is C14H23NO. The van der Waals surface area contributed by atoms with Gasteiger partial charge < -0.3 is 10.2 Å². The van der Waals surface area contributed by atoms with E-state index in [4.69, 9.17) is 10.2 Å². The first-order valence-electron chi connectivity index (χ1n) is 6.53. The maximum absolute atomic E-state index is 6.29. The smallest absolute Gasteiger partial charge is 0.103 e. The average Bonchev–Trinajstić information content (AvgIpc) is 2.78. The summed E-state index contributed by atoms with van der Waals surface area (Å²) in [5, 5.41) is 0. The Morgan fingerprint density at radius 2 is 2.38 bits per heavy atom. The van der Waals surface area contributed by atoms with Crippen molar-refractivity contribution in [2.45, 2.75) is 51.5 Å². The minimum absolute atomic E-state index is 0.354. The van der Waals surface area contributed by atoms with Crippen molar-refractivity contribution >= 4 is 0 Å². The predicted octanol–water partition coefficient (Wildman–Crippen LogP) is 3.37. The van der Waals surface area contributed by atoms with Crippen LogP contribution in [0.4, 0.5) is 0 Å². The Hall–Kier alpha value is -0.760. The summed E-state index contributed by atoms with van der Waals surface area (Å²) < 4.78 is 5.34. The van der Waals surface area contributed by atoms with E-state index in [0.717, 1.165) is 30.4 Å². The number of hydrogen-bond acceptors (Lipinski definition) is 2. The minimum atomic E-state index is 0.354. The molecular weight excluding hydrogens is 198 g/mol. The molecule has 0 saturated heterocycles. The van der Waals surface area contributed by atoms with Gasteiger partial charge in [0, 0.05) is 12.5 Å². The molecule has 1 aromatic heterocycles. The van der Waals surface area contributed by atoms with E-state index in [0.29, 0.717) is 6.04 Å². The van der Waals surface area contributed by atoms with Gasteiger partial charge in [-0.25, -0.2) is 0 Å². The van der Waals surface area contributed by atoms with Crippen LogP contribution in [-0.2, 0) is 6.42 Å². The van der Waals surface area contributed by atoms with E-state index in [9.17, 15) is 0 Å². The summed E-state index contributed by atoms with van der Waals surface area (Å²) in [6.07, 6.45) is 9.18. The van der Waals surface area contributed by atoms with Crippen molar-refractivity contribution in [3.05, 3.63) is 24.2 Å². The summed E-state index contributed by atoms with van der Waals surface area (Å²) >= 11 is 0. The Labute approximate surface area is 98.2 Å². The third-order valence-corrected chi connectivity index (χ3v) is 3.89. The number of aryl methyl sites for hydroxylation is 1. The Balaban J connectivity index is 1.76. The lowest BCUT2D eigenvalue weighted by atomic mass is 9.78. The van der Waals surface area contributed by atoms with Crippen LogP contribution in [0.5, 0.6) is 0 Å². The molecule has 0 radical (unpaired) electrons. The molecule has 0 spiro atoms. The molecule has 1 saturated carbocycles. The molecule has 1 fully saturated rings. The van der Waals surface area contributed by atoms with Gasteiger partial charge in [-0.2, -0.15) is 0 Å². The van der Waals surface area contributed by atoms with Crippen LogP contribution < -0.4 is 5.73 Å². The molecule has 1 aliphatic rings. The van der Waals surface area contributed by atoms with Crippen LogP contribution in [0.2, 0.25) is 0 Å². The van der Waals surface area contributed by atoms with Crippen LogP contribution in [0.25, 0.3) is 0 Å². The molecule has 1 heterocycles. The van der Waals surface area contributed by atoms with Crippen molar-refractivity contribution in [2.75, 3.05) is 0 Å². The highest BCUT2D eigenvalue weighted by atomic mass is 16.3. The van der Waals surface area contributed by atoms with E-state index in [1.807, 2.05) is 12.1 Å². The predicted molar refractivity (Wildman–Crippen MR) is 66.1 cm³/mol. The molecule has 16 heavy (non-hydrogen) atoms. The van der Waals surface area contributed by atoms with Crippen LogP contribution in [-0.4, -0.2) is 6.04 Å². The number of rotatable bonds is 4. The fraction of sp³-hybridized carbons (Fsp3) is 0.714. The average molecular weight is 221 g/mol. The van der Waals surface area contributed by atoms with Crippen molar-refractivity contribution in [3.8, 4) is 0 Å². The van der Waals surface area contributed by atoms with E-state index in [1.165, 1.54) is 25.7 Å². The summed E-state index contributed by atoms with van der Waals surface area (Å²) in [5.41, 5.74) is 6.29. The molecule has 2 heteroatoms. The Bertz CT molecular complexity index is 294. The van der Waals surface area contributed by atoms with Crippen LogP contribution in [0.3, 0.4) is 0 Å². The largest absolute Gasteiger partial charge is 0.469 e. The molecule has 1 aliphatic carbocycles. The van der Waals surface area contributed by atoms with Gasteiger partial charge >= 0.3 is 0 Å². The topological polar surface area (TPSA) is 39.2 Å². The highest BCUT2D eigenvalue weighted by Gasteiger charge is 2.24. The van der Waals surface area contributed by atoms with Crippen LogP contribution >= 0.6 is 0 Å². The normalized spacial score (nSPS) is 27.9. The SMILES string of the molecule is CC1CCCC(C(N)CCc2ccco2)C1.